The van der Waals surface area contributed by atoms with Crippen molar-refractivity contribution in [2.45, 2.75) is 20.3 Å². The summed E-state index contributed by atoms with van der Waals surface area (Å²) in [7, 11) is 1.56. The molecule has 2 aromatic rings. The standard InChI is InChI=1S/C16H19FN4O3/c1-4-24-14(22)9-10-20(3)16(23)15-18-11(2)21(19-15)13-7-5-12(17)6-8-13/h5-8H,4,9-10H2,1-3H3. The van der Waals surface area contributed by atoms with E-state index in [4.69, 9.17) is 4.74 Å². The molecule has 0 aliphatic rings. The van der Waals surface area contributed by atoms with Crippen molar-refractivity contribution in [3.05, 3.63) is 41.7 Å². The van der Waals surface area contributed by atoms with Gasteiger partial charge in [0.25, 0.3) is 5.91 Å². The van der Waals surface area contributed by atoms with Crippen LogP contribution in [0.25, 0.3) is 5.69 Å². The summed E-state index contributed by atoms with van der Waals surface area (Å²) in [6.07, 6.45) is 0.105. The van der Waals surface area contributed by atoms with Crippen molar-refractivity contribution < 1.29 is 18.7 Å². The van der Waals surface area contributed by atoms with E-state index in [1.54, 1.807) is 33.0 Å². The van der Waals surface area contributed by atoms with Crippen molar-refractivity contribution in [1.82, 2.24) is 19.7 Å². The normalized spacial score (nSPS) is 10.5. The summed E-state index contributed by atoms with van der Waals surface area (Å²) in [4.78, 5) is 29.2. The van der Waals surface area contributed by atoms with Crippen LogP contribution in [-0.4, -0.2) is 51.7 Å². The lowest BCUT2D eigenvalue weighted by molar-refractivity contribution is -0.143. The second-order valence-electron chi connectivity index (χ2n) is 5.15. The molecule has 0 bridgehead atoms. The smallest absolute Gasteiger partial charge is 0.307 e. The van der Waals surface area contributed by atoms with E-state index in [-0.39, 0.29) is 30.6 Å². The Hall–Kier alpha value is -2.77. The van der Waals surface area contributed by atoms with Gasteiger partial charge in [-0.15, -0.1) is 5.10 Å². The van der Waals surface area contributed by atoms with E-state index in [2.05, 4.69) is 10.1 Å². The number of nitrogens with zero attached hydrogens (tertiary/aromatic N) is 4. The molecule has 0 spiro atoms. The molecule has 0 saturated heterocycles. The minimum atomic E-state index is -0.400. The Bertz CT molecular complexity index is 727. The monoisotopic (exact) mass is 334 g/mol. The summed E-state index contributed by atoms with van der Waals surface area (Å²) in [5.74, 6) is -0.597. The van der Waals surface area contributed by atoms with Gasteiger partial charge in [-0.2, -0.15) is 0 Å². The molecule has 0 N–H and O–H groups in total. The number of benzene rings is 1. The number of carbonyl (C=O) groups excluding carboxylic acids is 2. The third kappa shape index (κ3) is 4.15. The third-order valence-corrected chi connectivity index (χ3v) is 3.33. The highest BCUT2D eigenvalue weighted by Crippen LogP contribution is 2.11. The second kappa shape index (κ2) is 7.67. The van der Waals surface area contributed by atoms with Gasteiger partial charge in [0.05, 0.1) is 18.7 Å². The van der Waals surface area contributed by atoms with Crippen LogP contribution in [0.5, 0.6) is 0 Å². The Balaban J connectivity index is 2.09. The minimum absolute atomic E-state index is 0.0168. The van der Waals surface area contributed by atoms with E-state index < -0.39 is 5.91 Å². The Labute approximate surface area is 139 Å². The molecular formula is C16H19FN4O3. The van der Waals surface area contributed by atoms with Gasteiger partial charge in [-0.1, -0.05) is 0 Å². The Morgan fingerprint density at radius 2 is 1.96 bits per heavy atom. The molecule has 0 saturated carbocycles. The van der Waals surface area contributed by atoms with E-state index >= 15 is 0 Å². The minimum Gasteiger partial charge on any atom is -0.466 e. The number of hydrogen-bond donors (Lipinski definition) is 0. The fourth-order valence-corrected chi connectivity index (χ4v) is 2.07. The molecule has 0 aliphatic carbocycles. The fraction of sp³-hybridized carbons (Fsp3) is 0.375. The van der Waals surface area contributed by atoms with Crippen LogP contribution in [0.2, 0.25) is 0 Å². The molecule has 0 fully saturated rings. The highest BCUT2D eigenvalue weighted by molar-refractivity contribution is 5.90. The first-order valence-corrected chi connectivity index (χ1v) is 7.53. The maximum Gasteiger partial charge on any atom is 0.307 e. The van der Waals surface area contributed by atoms with E-state index in [1.807, 2.05) is 0 Å². The molecule has 24 heavy (non-hydrogen) atoms. The first kappa shape index (κ1) is 17.6. The highest BCUT2D eigenvalue weighted by atomic mass is 19.1. The lowest BCUT2D eigenvalue weighted by Gasteiger charge is -2.14. The number of ether oxygens (including phenoxy) is 1. The summed E-state index contributed by atoms with van der Waals surface area (Å²) in [6, 6.07) is 5.72. The lowest BCUT2D eigenvalue weighted by Crippen LogP contribution is -2.30. The molecule has 2 rings (SSSR count). The molecule has 1 aromatic carbocycles. The number of halogens is 1. The molecule has 7 nitrogen and oxygen atoms in total. The fourth-order valence-electron chi connectivity index (χ4n) is 2.07. The summed E-state index contributed by atoms with van der Waals surface area (Å²) in [5.41, 5.74) is 0.606. The van der Waals surface area contributed by atoms with Gasteiger partial charge in [-0.25, -0.2) is 14.1 Å². The van der Waals surface area contributed by atoms with Gasteiger partial charge in [0.15, 0.2) is 0 Å². The first-order valence-electron chi connectivity index (χ1n) is 7.53. The van der Waals surface area contributed by atoms with Crippen molar-refractivity contribution in [3.63, 3.8) is 0 Å². The Kier molecular flexibility index (Phi) is 5.62. The molecule has 0 atom stereocenters. The number of aromatic nitrogens is 3. The van der Waals surface area contributed by atoms with Crippen LogP contribution in [0, 0.1) is 12.7 Å². The summed E-state index contributed by atoms with van der Waals surface area (Å²) >= 11 is 0. The third-order valence-electron chi connectivity index (χ3n) is 3.33. The van der Waals surface area contributed by atoms with Crippen LogP contribution in [0.1, 0.15) is 29.8 Å². The SMILES string of the molecule is CCOC(=O)CCN(C)C(=O)c1nc(C)n(-c2ccc(F)cc2)n1. The summed E-state index contributed by atoms with van der Waals surface area (Å²) in [6.45, 7) is 3.94. The number of amides is 1. The van der Waals surface area contributed by atoms with Crippen LogP contribution < -0.4 is 0 Å². The summed E-state index contributed by atoms with van der Waals surface area (Å²) < 4.78 is 19.3. The van der Waals surface area contributed by atoms with Crippen molar-refractivity contribution in [3.8, 4) is 5.69 Å². The molecule has 1 heterocycles. The van der Waals surface area contributed by atoms with Gasteiger partial charge in [0.2, 0.25) is 5.82 Å². The molecule has 1 amide bonds. The van der Waals surface area contributed by atoms with Crippen LogP contribution in [-0.2, 0) is 9.53 Å². The van der Waals surface area contributed by atoms with Crippen LogP contribution >= 0.6 is 0 Å². The first-order chi connectivity index (χ1) is 11.4. The van der Waals surface area contributed by atoms with Crippen LogP contribution in [0.4, 0.5) is 4.39 Å². The number of hydrogen-bond acceptors (Lipinski definition) is 5. The maximum atomic E-state index is 13.0. The molecule has 0 radical (unpaired) electrons. The Morgan fingerprint density at radius 1 is 1.29 bits per heavy atom. The zero-order valence-corrected chi connectivity index (χ0v) is 13.8. The molecule has 0 unspecified atom stereocenters. The van der Waals surface area contributed by atoms with Gasteiger partial charge in [-0.3, -0.25) is 9.59 Å². The van der Waals surface area contributed by atoms with Gasteiger partial charge in [0, 0.05) is 13.6 Å². The maximum absolute atomic E-state index is 13.0. The zero-order valence-electron chi connectivity index (χ0n) is 13.8. The van der Waals surface area contributed by atoms with E-state index in [1.165, 1.54) is 21.7 Å². The number of aryl methyl sites for hydroxylation is 1. The van der Waals surface area contributed by atoms with Crippen molar-refractivity contribution >= 4 is 11.9 Å². The van der Waals surface area contributed by atoms with E-state index in [0.29, 0.717) is 18.1 Å². The second-order valence-corrected chi connectivity index (χ2v) is 5.15. The predicted molar refractivity (Wildman–Crippen MR) is 84.3 cm³/mol. The van der Waals surface area contributed by atoms with Crippen molar-refractivity contribution in [1.29, 1.82) is 0 Å². The lowest BCUT2D eigenvalue weighted by atomic mass is 10.3. The average molecular weight is 334 g/mol. The van der Waals surface area contributed by atoms with Crippen LogP contribution in [0.15, 0.2) is 24.3 Å². The number of esters is 1. The topological polar surface area (TPSA) is 77.3 Å². The van der Waals surface area contributed by atoms with Gasteiger partial charge in [-0.05, 0) is 38.1 Å². The Morgan fingerprint density at radius 3 is 2.58 bits per heavy atom. The molecule has 1 aromatic heterocycles. The number of rotatable bonds is 6. The van der Waals surface area contributed by atoms with E-state index in [0.717, 1.165) is 0 Å². The molecular weight excluding hydrogens is 315 g/mol. The molecule has 128 valence electrons. The predicted octanol–water partition coefficient (Wildman–Crippen LogP) is 1.74. The van der Waals surface area contributed by atoms with Gasteiger partial charge < -0.3 is 9.64 Å². The average Bonchev–Trinajstić information content (AvgIpc) is 2.94. The number of carbonyl (C=O) groups is 2. The molecule has 0 aliphatic heterocycles. The zero-order chi connectivity index (χ0) is 17.7. The largest absolute Gasteiger partial charge is 0.466 e. The van der Waals surface area contributed by atoms with Gasteiger partial charge >= 0.3 is 5.97 Å². The van der Waals surface area contributed by atoms with E-state index in [9.17, 15) is 14.0 Å². The summed E-state index contributed by atoms with van der Waals surface area (Å²) in [5, 5.41) is 4.17. The van der Waals surface area contributed by atoms with Crippen molar-refractivity contribution in [2.75, 3.05) is 20.2 Å². The highest BCUT2D eigenvalue weighted by Gasteiger charge is 2.19. The quantitative estimate of drug-likeness (QED) is 0.752. The molecule has 8 heteroatoms. The van der Waals surface area contributed by atoms with Crippen molar-refractivity contribution in [2.24, 2.45) is 0 Å². The van der Waals surface area contributed by atoms with Gasteiger partial charge in [0.1, 0.15) is 11.6 Å². The van der Waals surface area contributed by atoms with Crippen LogP contribution in [0.3, 0.4) is 0 Å².